The number of hydrogen-bond donors (Lipinski definition) is 1. The Hall–Kier alpha value is -3.07. The highest BCUT2D eigenvalue weighted by molar-refractivity contribution is 7.89. The number of aryl methyl sites for hydroxylation is 1. The zero-order valence-electron chi connectivity index (χ0n) is 17.9. The first-order valence-corrected chi connectivity index (χ1v) is 12.0. The normalized spacial score (nSPS) is 15.4. The predicted octanol–water partition coefficient (Wildman–Crippen LogP) is 3.15. The van der Waals surface area contributed by atoms with E-state index in [4.69, 9.17) is 0 Å². The van der Waals surface area contributed by atoms with Crippen LogP contribution in [-0.4, -0.2) is 54.7 Å². The minimum Gasteiger partial charge on any atom is -0.307 e. The number of hydrogen-bond acceptors (Lipinski definition) is 5. The third-order valence-electron chi connectivity index (χ3n) is 5.44. The molecule has 166 valence electrons. The molecule has 1 aliphatic rings. The molecule has 2 aromatic carbocycles. The molecule has 0 spiro atoms. The maximum Gasteiger partial charge on any atom is 0.256 e. The van der Waals surface area contributed by atoms with Gasteiger partial charge in [-0.3, -0.25) is 9.69 Å². The molecular formula is C24H26N4O3S. The maximum absolute atomic E-state index is 13.2. The van der Waals surface area contributed by atoms with Crippen molar-refractivity contribution in [2.24, 2.45) is 0 Å². The first-order chi connectivity index (χ1) is 15.4. The van der Waals surface area contributed by atoms with Crippen molar-refractivity contribution in [3.63, 3.8) is 0 Å². The molecule has 1 fully saturated rings. The van der Waals surface area contributed by atoms with E-state index in [1.165, 1.54) is 22.0 Å². The van der Waals surface area contributed by atoms with Gasteiger partial charge < -0.3 is 5.32 Å². The molecular weight excluding hydrogens is 424 g/mol. The van der Waals surface area contributed by atoms with Gasteiger partial charge >= 0.3 is 0 Å². The fourth-order valence-corrected chi connectivity index (χ4v) is 5.19. The molecule has 3 aromatic rings. The number of benzene rings is 2. The number of rotatable bonds is 6. The van der Waals surface area contributed by atoms with Gasteiger partial charge in [-0.2, -0.15) is 4.31 Å². The van der Waals surface area contributed by atoms with E-state index in [1.807, 2.05) is 31.2 Å². The largest absolute Gasteiger partial charge is 0.307 e. The fraction of sp³-hybridized carbons (Fsp3) is 0.250. The number of carbonyl (C=O) groups excluding carboxylic acids is 1. The quantitative estimate of drug-likeness (QED) is 0.624. The second-order valence-corrected chi connectivity index (χ2v) is 9.75. The fourth-order valence-electron chi connectivity index (χ4n) is 3.72. The summed E-state index contributed by atoms with van der Waals surface area (Å²) in [6, 6.07) is 21.6. The Morgan fingerprint density at radius 1 is 0.938 bits per heavy atom. The Kier molecular flexibility index (Phi) is 6.64. The van der Waals surface area contributed by atoms with Crippen LogP contribution >= 0.6 is 0 Å². The maximum atomic E-state index is 13.2. The molecule has 32 heavy (non-hydrogen) atoms. The van der Waals surface area contributed by atoms with Crippen LogP contribution in [0, 0.1) is 6.92 Å². The summed E-state index contributed by atoms with van der Waals surface area (Å²) in [5.41, 5.74) is 2.27. The van der Waals surface area contributed by atoms with Gasteiger partial charge in [0.25, 0.3) is 5.91 Å². The SMILES string of the molecule is Cc1cccc(NC(=O)c2cccc(S(=O)(=O)N3CCN(Cc4ccccc4)CC3)c2)n1. The topological polar surface area (TPSA) is 82.6 Å². The summed E-state index contributed by atoms with van der Waals surface area (Å²) in [5.74, 6) is 0.0330. The monoisotopic (exact) mass is 450 g/mol. The zero-order valence-corrected chi connectivity index (χ0v) is 18.8. The van der Waals surface area contributed by atoms with Crippen molar-refractivity contribution in [3.05, 3.63) is 89.6 Å². The molecule has 0 unspecified atom stereocenters. The highest BCUT2D eigenvalue weighted by atomic mass is 32.2. The molecule has 7 nitrogen and oxygen atoms in total. The molecule has 0 bridgehead atoms. The number of amides is 1. The molecule has 1 amide bonds. The van der Waals surface area contributed by atoms with Crippen LogP contribution in [0.4, 0.5) is 5.82 Å². The third-order valence-corrected chi connectivity index (χ3v) is 7.34. The van der Waals surface area contributed by atoms with Crippen molar-refractivity contribution in [2.75, 3.05) is 31.5 Å². The molecule has 2 heterocycles. The van der Waals surface area contributed by atoms with Crippen molar-refractivity contribution >= 4 is 21.7 Å². The van der Waals surface area contributed by atoms with E-state index in [0.717, 1.165) is 12.2 Å². The number of pyridine rings is 1. The van der Waals surface area contributed by atoms with Gasteiger partial charge in [0.1, 0.15) is 5.82 Å². The lowest BCUT2D eigenvalue weighted by molar-refractivity contribution is 0.102. The number of nitrogens with zero attached hydrogens (tertiary/aromatic N) is 3. The number of piperazine rings is 1. The average Bonchev–Trinajstić information content (AvgIpc) is 2.80. The third kappa shape index (κ3) is 5.21. The molecule has 8 heteroatoms. The van der Waals surface area contributed by atoms with Crippen molar-refractivity contribution in [1.29, 1.82) is 0 Å². The molecule has 0 atom stereocenters. The van der Waals surface area contributed by atoms with E-state index in [0.29, 0.717) is 32.0 Å². The molecule has 1 aliphatic heterocycles. The highest BCUT2D eigenvalue weighted by Gasteiger charge is 2.29. The van der Waals surface area contributed by atoms with Gasteiger partial charge in [-0.25, -0.2) is 13.4 Å². The number of nitrogens with one attached hydrogen (secondary N) is 1. The predicted molar refractivity (Wildman–Crippen MR) is 124 cm³/mol. The van der Waals surface area contributed by atoms with E-state index in [1.54, 1.807) is 24.3 Å². The Labute approximate surface area is 188 Å². The van der Waals surface area contributed by atoms with Crippen molar-refractivity contribution in [2.45, 2.75) is 18.4 Å². The number of carbonyl (C=O) groups is 1. The summed E-state index contributed by atoms with van der Waals surface area (Å²) in [7, 11) is -3.68. The Balaban J connectivity index is 1.42. The summed E-state index contributed by atoms with van der Waals surface area (Å²) >= 11 is 0. The summed E-state index contributed by atoms with van der Waals surface area (Å²) in [6.07, 6.45) is 0. The Bertz CT molecular complexity index is 1190. The zero-order chi connectivity index (χ0) is 22.6. The average molecular weight is 451 g/mol. The van der Waals surface area contributed by atoms with E-state index in [9.17, 15) is 13.2 Å². The Morgan fingerprint density at radius 3 is 2.38 bits per heavy atom. The van der Waals surface area contributed by atoms with Gasteiger partial charge in [0.2, 0.25) is 10.0 Å². The minimum absolute atomic E-state index is 0.124. The molecule has 1 saturated heterocycles. The summed E-state index contributed by atoms with van der Waals surface area (Å²) in [4.78, 5) is 19.3. The van der Waals surface area contributed by atoms with Crippen LogP contribution in [0.25, 0.3) is 0 Å². The molecule has 0 saturated carbocycles. The van der Waals surface area contributed by atoms with Crippen LogP contribution in [0.2, 0.25) is 0 Å². The van der Waals surface area contributed by atoms with Crippen LogP contribution in [-0.2, 0) is 16.6 Å². The molecule has 4 rings (SSSR count). The van der Waals surface area contributed by atoms with Gasteiger partial charge in [-0.1, -0.05) is 42.5 Å². The van der Waals surface area contributed by atoms with Crippen molar-refractivity contribution in [1.82, 2.24) is 14.2 Å². The molecule has 0 radical (unpaired) electrons. The van der Waals surface area contributed by atoms with Crippen LogP contribution in [0.15, 0.2) is 77.7 Å². The standard InChI is InChI=1S/C24H26N4O3S/c1-19-7-5-12-23(25-19)26-24(29)21-10-6-11-22(17-21)32(30,31)28-15-13-27(14-16-28)18-20-8-3-2-4-9-20/h2-12,17H,13-16,18H2,1H3,(H,25,26,29). The Morgan fingerprint density at radius 2 is 1.66 bits per heavy atom. The number of anilines is 1. The lowest BCUT2D eigenvalue weighted by Crippen LogP contribution is -2.48. The van der Waals surface area contributed by atoms with Gasteiger partial charge in [0, 0.05) is 44.0 Å². The van der Waals surface area contributed by atoms with Gasteiger partial charge in [-0.05, 0) is 42.8 Å². The lowest BCUT2D eigenvalue weighted by Gasteiger charge is -2.34. The van der Waals surface area contributed by atoms with Crippen molar-refractivity contribution in [3.8, 4) is 0 Å². The summed E-state index contributed by atoms with van der Waals surface area (Å²) < 4.78 is 27.9. The number of sulfonamides is 1. The van der Waals surface area contributed by atoms with E-state index >= 15 is 0 Å². The number of aromatic nitrogens is 1. The first kappa shape index (κ1) is 22.1. The summed E-state index contributed by atoms with van der Waals surface area (Å²) in [5, 5.41) is 2.72. The smallest absolute Gasteiger partial charge is 0.256 e. The van der Waals surface area contributed by atoms with E-state index in [-0.39, 0.29) is 10.5 Å². The van der Waals surface area contributed by atoms with Gasteiger partial charge in [-0.15, -0.1) is 0 Å². The lowest BCUT2D eigenvalue weighted by atomic mass is 10.2. The van der Waals surface area contributed by atoms with Crippen LogP contribution in [0.5, 0.6) is 0 Å². The van der Waals surface area contributed by atoms with Gasteiger partial charge in [0.05, 0.1) is 4.90 Å². The summed E-state index contributed by atoms with van der Waals surface area (Å²) in [6.45, 7) is 4.79. The van der Waals surface area contributed by atoms with E-state index in [2.05, 4.69) is 27.3 Å². The van der Waals surface area contributed by atoms with E-state index < -0.39 is 15.9 Å². The van der Waals surface area contributed by atoms with Crippen LogP contribution in [0.1, 0.15) is 21.6 Å². The molecule has 1 aromatic heterocycles. The minimum atomic E-state index is -3.68. The second kappa shape index (κ2) is 9.60. The molecule has 0 aliphatic carbocycles. The first-order valence-electron chi connectivity index (χ1n) is 10.5. The van der Waals surface area contributed by atoms with Crippen molar-refractivity contribution < 1.29 is 13.2 Å². The van der Waals surface area contributed by atoms with Crippen LogP contribution < -0.4 is 5.32 Å². The molecule has 1 N–H and O–H groups in total. The van der Waals surface area contributed by atoms with Gasteiger partial charge in [0.15, 0.2) is 0 Å². The van der Waals surface area contributed by atoms with Crippen LogP contribution in [0.3, 0.4) is 0 Å². The highest BCUT2D eigenvalue weighted by Crippen LogP contribution is 2.20. The second-order valence-electron chi connectivity index (χ2n) is 7.81.